The Bertz CT molecular complexity index is 1090. The summed E-state index contributed by atoms with van der Waals surface area (Å²) >= 11 is 0. The fourth-order valence-corrected chi connectivity index (χ4v) is 8.52. The Labute approximate surface area is 216 Å². The summed E-state index contributed by atoms with van der Waals surface area (Å²) in [6.45, 7) is 15.3. The third kappa shape index (κ3) is 4.77. The molecule has 3 aliphatic rings. The molecule has 2 heterocycles. The van der Waals surface area contributed by atoms with E-state index in [9.17, 15) is 14.7 Å². The second-order valence-electron chi connectivity index (χ2n) is 12.8. The number of aliphatic imine (C=N–C) groups is 1. The van der Waals surface area contributed by atoms with Crippen LogP contribution in [0.3, 0.4) is 0 Å². The summed E-state index contributed by atoms with van der Waals surface area (Å²) in [5, 5.41) is 16.6. The predicted molar refractivity (Wildman–Crippen MR) is 147 cm³/mol. The first-order valence-corrected chi connectivity index (χ1v) is 16.6. The number of amidine groups is 1. The molecular formula is C28H42N4O3Si. The topological polar surface area (TPSA) is 94.0 Å². The van der Waals surface area contributed by atoms with Crippen molar-refractivity contribution in [2.24, 2.45) is 4.99 Å². The van der Waals surface area contributed by atoms with Crippen LogP contribution in [0.4, 0.5) is 4.79 Å². The van der Waals surface area contributed by atoms with Gasteiger partial charge in [-0.2, -0.15) is 0 Å². The van der Waals surface area contributed by atoms with Crippen LogP contribution in [-0.2, 0) is 4.79 Å². The average Bonchev–Trinajstić information content (AvgIpc) is 3.23. The van der Waals surface area contributed by atoms with Crippen LogP contribution >= 0.6 is 0 Å². The molecule has 2 aliphatic heterocycles. The van der Waals surface area contributed by atoms with Crippen molar-refractivity contribution in [3.63, 3.8) is 0 Å². The lowest BCUT2D eigenvalue weighted by atomic mass is 9.83. The van der Waals surface area contributed by atoms with Crippen molar-refractivity contribution in [1.82, 2.24) is 15.5 Å². The molecular weight excluding hydrogens is 468 g/mol. The van der Waals surface area contributed by atoms with Crippen molar-refractivity contribution in [3.8, 4) is 0 Å². The minimum absolute atomic E-state index is 0.107. The number of aliphatic hydroxyl groups is 1. The first kappa shape index (κ1) is 26.6. The van der Waals surface area contributed by atoms with Crippen molar-refractivity contribution in [2.75, 3.05) is 13.1 Å². The van der Waals surface area contributed by atoms with Crippen LogP contribution in [0.1, 0.15) is 65.0 Å². The lowest BCUT2D eigenvalue weighted by molar-refractivity contribution is -0.125. The number of rotatable bonds is 6. The number of nitrogens with zero attached hydrogens (tertiary/aromatic N) is 2. The normalized spacial score (nSPS) is 21.4. The van der Waals surface area contributed by atoms with E-state index in [1.54, 1.807) is 13.8 Å². The number of nitrogens with one attached hydrogen (secondary N) is 2. The van der Waals surface area contributed by atoms with Crippen molar-refractivity contribution < 1.29 is 14.7 Å². The summed E-state index contributed by atoms with van der Waals surface area (Å²) in [5.74, 6) is 0.745. The van der Waals surface area contributed by atoms with E-state index in [0.717, 1.165) is 36.0 Å². The van der Waals surface area contributed by atoms with Gasteiger partial charge in [0.1, 0.15) is 5.84 Å². The molecule has 1 saturated carbocycles. The smallest absolute Gasteiger partial charge is 0.318 e. The van der Waals surface area contributed by atoms with Gasteiger partial charge in [-0.25, -0.2) is 4.79 Å². The molecule has 1 aromatic rings. The molecule has 8 heteroatoms. The molecule has 0 aromatic heterocycles. The van der Waals surface area contributed by atoms with Gasteiger partial charge in [0.05, 0.1) is 38.3 Å². The van der Waals surface area contributed by atoms with Crippen LogP contribution in [-0.4, -0.2) is 60.1 Å². The zero-order valence-electron chi connectivity index (χ0n) is 22.9. The second-order valence-corrected chi connectivity index (χ2v) is 18.3. The molecule has 0 unspecified atom stereocenters. The van der Waals surface area contributed by atoms with Gasteiger partial charge in [-0.3, -0.25) is 9.79 Å². The fraction of sp³-hybridized carbons (Fsp3) is 0.607. The molecule has 36 heavy (non-hydrogen) atoms. The average molecular weight is 511 g/mol. The SMILES string of the molecule is CC(C)(O)C[C@@H](NC(=O)N1CC2=C(CN=C2NC(=O)C2([Si](C)(C)C)CCC2)C1(C)C)c1ccccc1. The molecule has 0 spiro atoms. The zero-order valence-corrected chi connectivity index (χ0v) is 23.9. The molecule has 0 bridgehead atoms. The standard InChI is InChI=1S/C28H42N4O3Si/c1-26(2,35)16-22(19-12-9-8-10-13-19)30-25(34)32-18-20-21(27(32,3)4)17-29-23(20)31-24(33)28(14-11-15-28)36(5,6)7/h8-10,12-13,22,35H,11,14-18H2,1-7H3,(H,30,34)(H,29,31,33)/t22-/m1/s1. The lowest BCUT2D eigenvalue weighted by Crippen LogP contribution is -2.55. The van der Waals surface area contributed by atoms with Crippen molar-refractivity contribution in [3.05, 3.63) is 47.0 Å². The highest BCUT2D eigenvalue weighted by molar-refractivity contribution is 6.82. The number of carbonyl (C=O) groups excluding carboxylic acids is 2. The third-order valence-corrected chi connectivity index (χ3v) is 12.1. The van der Waals surface area contributed by atoms with Gasteiger partial charge in [-0.05, 0) is 51.7 Å². The highest BCUT2D eigenvalue weighted by Crippen LogP contribution is 2.55. The first-order valence-electron chi connectivity index (χ1n) is 13.1. The van der Waals surface area contributed by atoms with E-state index in [0.29, 0.717) is 25.3 Å². The van der Waals surface area contributed by atoms with Crippen molar-refractivity contribution in [1.29, 1.82) is 0 Å². The quantitative estimate of drug-likeness (QED) is 0.481. The molecule has 0 radical (unpaired) electrons. The van der Waals surface area contributed by atoms with Gasteiger partial charge in [0.2, 0.25) is 5.91 Å². The van der Waals surface area contributed by atoms with Gasteiger partial charge in [-0.15, -0.1) is 0 Å². The summed E-state index contributed by atoms with van der Waals surface area (Å²) in [6, 6.07) is 9.25. The summed E-state index contributed by atoms with van der Waals surface area (Å²) in [5.41, 5.74) is 1.54. The largest absolute Gasteiger partial charge is 0.390 e. The summed E-state index contributed by atoms with van der Waals surface area (Å²) < 4.78 is 0. The van der Waals surface area contributed by atoms with E-state index < -0.39 is 19.2 Å². The highest BCUT2D eigenvalue weighted by atomic mass is 28.3. The molecule has 1 aromatic carbocycles. The van der Waals surface area contributed by atoms with Crippen molar-refractivity contribution >= 4 is 25.8 Å². The van der Waals surface area contributed by atoms with Gasteiger partial charge >= 0.3 is 6.03 Å². The van der Waals surface area contributed by atoms with Gasteiger partial charge < -0.3 is 20.6 Å². The minimum Gasteiger partial charge on any atom is -0.390 e. The van der Waals surface area contributed by atoms with E-state index >= 15 is 0 Å². The number of hydrogen-bond donors (Lipinski definition) is 3. The summed E-state index contributed by atoms with van der Waals surface area (Å²) in [4.78, 5) is 33.6. The molecule has 3 N–H and O–H groups in total. The Morgan fingerprint density at radius 1 is 1.17 bits per heavy atom. The van der Waals surface area contributed by atoms with E-state index in [-0.39, 0.29) is 23.0 Å². The van der Waals surface area contributed by atoms with E-state index in [1.807, 2.05) is 49.1 Å². The number of amides is 3. The third-order valence-electron chi connectivity index (χ3n) is 8.53. The maximum Gasteiger partial charge on any atom is 0.318 e. The van der Waals surface area contributed by atoms with E-state index in [1.165, 1.54) is 0 Å². The van der Waals surface area contributed by atoms with Crippen LogP contribution < -0.4 is 10.6 Å². The number of hydrogen-bond acceptors (Lipinski definition) is 4. The molecule has 1 atom stereocenters. The monoisotopic (exact) mass is 510 g/mol. The van der Waals surface area contributed by atoms with E-state index in [2.05, 4.69) is 30.3 Å². The molecule has 196 valence electrons. The molecule has 0 saturated heterocycles. The molecule has 3 amide bonds. The van der Waals surface area contributed by atoms with Crippen LogP contribution in [0.2, 0.25) is 24.7 Å². The van der Waals surface area contributed by atoms with Crippen LogP contribution in [0.15, 0.2) is 46.5 Å². The Morgan fingerprint density at radius 3 is 2.33 bits per heavy atom. The lowest BCUT2D eigenvalue weighted by Gasteiger charge is -2.49. The van der Waals surface area contributed by atoms with Gasteiger partial charge in [0.15, 0.2) is 0 Å². The minimum atomic E-state index is -1.70. The summed E-state index contributed by atoms with van der Waals surface area (Å²) in [7, 11) is -1.70. The van der Waals surface area contributed by atoms with Gasteiger partial charge in [-0.1, -0.05) is 56.4 Å². The maximum absolute atomic E-state index is 13.6. The Balaban J connectivity index is 1.50. The highest BCUT2D eigenvalue weighted by Gasteiger charge is 2.54. The summed E-state index contributed by atoms with van der Waals surface area (Å²) in [6.07, 6.45) is 3.41. The maximum atomic E-state index is 13.6. The van der Waals surface area contributed by atoms with Crippen LogP contribution in [0.5, 0.6) is 0 Å². The Hall–Kier alpha value is -2.45. The van der Waals surface area contributed by atoms with Crippen molar-refractivity contribution in [2.45, 2.75) is 95.2 Å². The fourth-order valence-electron chi connectivity index (χ4n) is 5.92. The molecule has 7 nitrogen and oxygen atoms in total. The first-order chi connectivity index (χ1) is 16.7. The van der Waals surface area contributed by atoms with Crippen LogP contribution in [0, 0.1) is 0 Å². The Kier molecular flexibility index (Phi) is 6.75. The molecule has 1 aliphatic carbocycles. The number of carbonyl (C=O) groups is 2. The predicted octanol–water partition coefficient (Wildman–Crippen LogP) is 4.78. The molecule has 1 fully saturated rings. The second kappa shape index (κ2) is 9.13. The van der Waals surface area contributed by atoms with Gasteiger partial charge in [0.25, 0.3) is 0 Å². The van der Waals surface area contributed by atoms with E-state index in [4.69, 9.17) is 4.99 Å². The van der Waals surface area contributed by atoms with Crippen LogP contribution in [0.25, 0.3) is 0 Å². The molecule has 4 rings (SSSR count). The Morgan fingerprint density at radius 2 is 1.81 bits per heavy atom. The number of benzene rings is 1. The van der Waals surface area contributed by atoms with Gasteiger partial charge in [0, 0.05) is 17.0 Å². The number of urea groups is 1. The zero-order chi connectivity index (χ0) is 26.5.